The molecule has 25 heavy (non-hydrogen) atoms. The average molecular weight is 349 g/mol. The van der Waals surface area contributed by atoms with Gasteiger partial charge in [-0.3, -0.25) is 14.5 Å². The summed E-state index contributed by atoms with van der Waals surface area (Å²) >= 11 is 0. The molecule has 8 nitrogen and oxygen atoms in total. The molecule has 1 heterocycles. The highest BCUT2D eigenvalue weighted by Gasteiger charge is 2.39. The second-order valence-corrected chi connectivity index (χ2v) is 6.17. The number of hydrogen-bond donors (Lipinski definition) is 2. The lowest BCUT2D eigenvalue weighted by molar-refractivity contribution is -0.131. The van der Waals surface area contributed by atoms with Crippen LogP contribution in [0.25, 0.3) is 0 Å². The van der Waals surface area contributed by atoms with Crippen LogP contribution in [0.4, 0.5) is 10.5 Å². The smallest absolute Gasteiger partial charge is 0.325 e. The van der Waals surface area contributed by atoms with E-state index >= 15 is 0 Å². The van der Waals surface area contributed by atoms with Crippen molar-refractivity contribution in [1.82, 2.24) is 10.2 Å². The molecule has 4 amide bonds. The van der Waals surface area contributed by atoms with Crippen LogP contribution in [0, 0.1) is 5.92 Å². The third-order valence-corrected chi connectivity index (χ3v) is 3.80. The zero-order valence-corrected chi connectivity index (χ0v) is 14.8. The molecule has 0 spiro atoms. The Morgan fingerprint density at radius 1 is 1.28 bits per heavy atom. The Balaban J connectivity index is 2.05. The zero-order chi connectivity index (χ0) is 18.6. The number of rotatable bonds is 7. The van der Waals surface area contributed by atoms with E-state index in [1.54, 1.807) is 18.2 Å². The molecule has 0 aliphatic carbocycles. The molecule has 1 aromatic rings. The SMILES string of the molecule is COc1ccc(OC)c(NC(=O)CN2C(=O)NC(CC(C)C)C2=O)c1. The van der Waals surface area contributed by atoms with Crippen LogP contribution in [0.15, 0.2) is 18.2 Å². The number of imide groups is 1. The van der Waals surface area contributed by atoms with Crippen LogP contribution in [0.5, 0.6) is 11.5 Å². The Labute approximate surface area is 146 Å². The number of amides is 4. The van der Waals surface area contributed by atoms with Gasteiger partial charge in [0.15, 0.2) is 0 Å². The maximum absolute atomic E-state index is 12.3. The molecule has 2 N–H and O–H groups in total. The predicted molar refractivity (Wildman–Crippen MR) is 91.7 cm³/mol. The Hall–Kier alpha value is -2.77. The van der Waals surface area contributed by atoms with E-state index in [0.29, 0.717) is 23.6 Å². The third kappa shape index (κ3) is 4.40. The average Bonchev–Trinajstić information content (AvgIpc) is 2.81. The van der Waals surface area contributed by atoms with Gasteiger partial charge in [-0.2, -0.15) is 0 Å². The van der Waals surface area contributed by atoms with E-state index in [4.69, 9.17) is 9.47 Å². The van der Waals surface area contributed by atoms with Gasteiger partial charge in [-0.05, 0) is 24.5 Å². The van der Waals surface area contributed by atoms with Crippen LogP contribution in [-0.4, -0.2) is 49.6 Å². The molecule has 0 bridgehead atoms. The van der Waals surface area contributed by atoms with Crippen molar-refractivity contribution in [3.8, 4) is 11.5 Å². The summed E-state index contributed by atoms with van der Waals surface area (Å²) in [4.78, 5) is 37.4. The summed E-state index contributed by atoms with van der Waals surface area (Å²) in [5, 5.41) is 5.25. The summed E-state index contributed by atoms with van der Waals surface area (Å²) in [6, 6.07) is 3.82. The van der Waals surface area contributed by atoms with Crippen molar-refractivity contribution in [2.75, 3.05) is 26.1 Å². The highest BCUT2D eigenvalue weighted by Crippen LogP contribution is 2.28. The fraction of sp³-hybridized carbons (Fsp3) is 0.471. The van der Waals surface area contributed by atoms with Crippen molar-refractivity contribution in [1.29, 1.82) is 0 Å². The lowest BCUT2D eigenvalue weighted by Crippen LogP contribution is -2.38. The monoisotopic (exact) mass is 349 g/mol. The lowest BCUT2D eigenvalue weighted by Gasteiger charge is -2.15. The van der Waals surface area contributed by atoms with Crippen molar-refractivity contribution in [2.24, 2.45) is 5.92 Å². The Bertz CT molecular complexity index is 674. The molecule has 1 aliphatic heterocycles. The number of nitrogens with zero attached hydrogens (tertiary/aromatic N) is 1. The van der Waals surface area contributed by atoms with Crippen LogP contribution in [0.2, 0.25) is 0 Å². The molecule has 0 aromatic heterocycles. The largest absolute Gasteiger partial charge is 0.497 e. The van der Waals surface area contributed by atoms with Gasteiger partial charge in [-0.25, -0.2) is 4.79 Å². The Morgan fingerprint density at radius 2 is 2.00 bits per heavy atom. The topological polar surface area (TPSA) is 97.0 Å². The predicted octanol–water partition coefficient (Wildman–Crippen LogP) is 1.61. The summed E-state index contributed by atoms with van der Waals surface area (Å²) < 4.78 is 10.3. The maximum atomic E-state index is 12.3. The minimum atomic E-state index is -0.577. The number of benzene rings is 1. The number of carbonyl (C=O) groups excluding carboxylic acids is 3. The van der Waals surface area contributed by atoms with Crippen molar-refractivity contribution < 1.29 is 23.9 Å². The first-order valence-corrected chi connectivity index (χ1v) is 7.99. The first-order valence-electron chi connectivity index (χ1n) is 7.99. The quantitative estimate of drug-likeness (QED) is 0.729. The zero-order valence-electron chi connectivity index (χ0n) is 14.8. The molecule has 1 atom stereocenters. The van der Waals surface area contributed by atoms with E-state index < -0.39 is 18.0 Å². The molecule has 1 aliphatic rings. The summed E-state index contributed by atoms with van der Waals surface area (Å²) in [6.45, 7) is 3.56. The number of hydrogen-bond acceptors (Lipinski definition) is 5. The molecule has 1 aromatic carbocycles. The molecule has 136 valence electrons. The van der Waals surface area contributed by atoms with Gasteiger partial charge in [-0.1, -0.05) is 13.8 Å². The van der Waals surface area contributed by atoms with Gasteiger partial charge < -0.3 is 20.1 Å². The molecular weight excluding hydrogens is 326 g/mol. The van der Waals surface area contributed by atoms with Crippen molar-refractivity contribution in [2.45, 2.75) is 26.3 Å². The van der Waals surface area contributed by atoms with Gasteiger partial charge in [0, 0.05) is 6.07 Å². The number of anilines is 1. The number of methoxy groups -OCH3 is 2. The molecule has 0 saturated carbocycles. The second-order valence-electron chi connectivity index (χ2n) is 6.17. The highest BCUT2D eigenvalue weighted by molar-refractivity contribution is 6.08. The van der Waals surface area contributed by atoms with E-state index in [1.807, 2.05) is 13.8 Å². The Morgan fingerprint density at radius 3 is 2.60 bits per heavy atom. The number of urea groups is 1. The summed E-state index contributed by atoms with van der Waals surface area (Å²) in [5.74, 6) is 0.364. The molecular formula is C17H23N3O5. The minimum Gasteiger partial charge on any atom is -0.497 e. The summed E-state index contributed by atoms with van der Waals surface area (Å²) in [5.41, 5.74) is 0.401. The molecule has 1 fully saturated rings. The number of carbonyl (C=O) groups is 3. The lowest BCUT2D eigenvalue weighted by atomic mass is 10.0. The van der Waals surface area contributed by atoms with Gasteiger partial charge in [0.05, 0.1) is 19.9 Å². The maximum Gasteiger partial charge on any atom is 0.325 e. The number of nitrogens with one attached hydrogen (secondary N) is 2. The Kier molecular flexibility index (Phi) is 5.84. The first-order chi connectivity index (χ1) is 11.8. The van der Waals surface area contributed by atoms with Crippen LogP contribution < -0.4 is 20.1 Å². The minimum absolute atomic E-state index is 0.254. The standard InChI is InChI=1S/C17H23N3O5/c1-10(2)7-13-16(22)20(17(23)19-13)9-15(21)18-12-8-11(24-3)5-6-14(12)25-4/h5-6,8,10,13H,7,9H2,1-4H3,(H,18,21)(H,19,23). The van der Waals surface area contributed by atoms with Crippen LogP contribution in [0.1, 0.15) is 20.3 Å². The molecule has 2 rings (SSSR count). The van der Waals surface area contributed by atoms with Crippen LogP contribution in [0.3, 0.4) is 0 Å². The van der Waals surface area contributed by atoms with E-state index in [0.717, 1.165) is 4.90 Å². The van der Waals surface area contributed by atoms with Crippen LogP contribution in [-0.2, 0) is 9.59 Å². The van der Waals surface area contributed by atoms with Crippen molar-refractivity contribution >= 4 is 23.5 Å². The summed E-state index contributed by atoms with van der Waals surface area (Å²) in [6.07, 6.45) is 0.534. The third-order valence-electron chi connectivity index (χ3n) is 3.80. The van der Waals surface area contributed by atoms with Crippen molar-refractivity contribution in [3.63, 3.8) is 0 Å². The van der Waals surface area contributed by atoms with Gasteiger partial charge >= 0.3 is 6.03 Å². The number of ether oxygens (including phenoxy) is 2. The van der Waals surface area contributed by atoms with Gasteiger partial charge in [0.1, 0.15) is 24.1 Å². The fourth-order valence-electron chi connectivity index (χ4n) is 2.60. The van der Waals surface area contributed by atoms with E-state index in [9.17, 15) is 14.4 Å². The summed E-state index contributed by atoms with van der Waals surface area (Å²) in [7, 11) is 2.99. The molecule has 1 saturated heterocycles. The van der Waals surface area contributed by atoms with Crippen LogP contribution >= 0.6 is 0 Å². The first kappa shape index (κ1) is 18.6. The second kappa shape index (κ2) is 7.87. The van der Waals surface area contributed by atoms with Crippen molar-refractivity contribution in [3.05, 3.63) is 18.2 Å². The van der Waals surface area contributed by atoms with Gasteiger partial charge in [-0.15, -0.1) is 0 Å². The van der Waals surface area contributed by atoms with E-state index in [-0.39, 0.29) is 18.4 Å². The molecule has 1 unspecified atom stereocenters. The molecule has 8 heteroatoms. The van der Waals surface area contributed by atoms with Gasteiger partial charge in [0.2, 0.25) is 5.91 Å². The van der Waals surface area contributed by atoms with Gasteiger partial charge in [0.25, 0.3) is 5.91 Å². The fourth-order valence-corrected chi connectivity index (χ4v) is 2.60. The normalized spacial score (nSPS) is 16.8. The van der Waals surface area contributed by atoms with E-state index in [1.165, 1.54) is 14.2 Å². The van der Waals surface area contributed by atoms with E-state index in [2.05, 4.69) is 10.6 Å². The molecule has 0 radical (unpaired) electrons. The highest BCUT2D eigenvalue weighted by atomic mass is 16.5.